The van der Waals surface area contributed by atoms with Crippen molar-refractivity contribution in [2.45, 2.75) is 6.92 Å². The summed E-state index contributed by atoms with van der Waals surface area (Å²) in [5, 5.41) is 4.70. The Hall–Kier alpha value is -1.75. The monoisotopic (exact) mass is 222 g/mol. The Morgan fingerprint density at radius 3 is 2.94 bits per heavy atom. The first-order chi connectivity index (χ1) is 7.77. The molecule has 0 radical (unpaired) electrons. The zero-order valence-electron chi connectivity index (χ0n) is 9.32. The highest BCUT2D eigenvalue weighted by atomic mass is 16.5. The van der Waals surface area contributed by atoms with E-state index in [-0.39, 0.29) is 0 Å². The van der Waals surface area contributed by atoms with Gasteiger partial charge in [-0.2, -0.15) is 0 Å². The van der Waals surface area contributed by atoms with E-state index in [0.29, 0.717) is 24.6 Å². The first-order valence-electron chi connectivity index (χ1n) is 5.03. The molecule has 86 valence electrons. The summed E-state index contributed by atoms with van der Waals surface area (Å²) in [5.74, 6) is 1.25. The van der Waals surface area contributed by atoms with Crippen LogP contribution in [0.2, 0.25) is 0 Å². The molecule has 2 aromatic rings. The minimum atomic E-state index is 0.415. The van der Waals surface area contributed by atoms with Crippen LogP contribution < -0.4 is 15.2 Å². The van der Waals surface area contributed by atoms with E-state index >= 15 is 0 Å². The van der Waals surface area contributed by atoms with Crippen LogP contribution in [0.4, 0.5) is 0 Å². The molecule has 0 saturated carbocycles. The molecular formula is C11H14N2O3. The van der Waals surface area contributed by atoms with Crippen molar-refractivity contribution >= 4 is 11.0 Å². The Bertz CT molecular complexity index is 493. The van der Waals surface area contributed by atoms with Gasteiger partial charge in [0.15, 0.2) is 5.58 Å². The Morgan fingerprint density at radius 1 is 1.44 bits per heavy atom. The highest BCUT2D eigenvalue weighted by Gasteiger charge is 2.14. The highest BCUT2D eigenvalue weighted by molar-refractivity contribution is 5.87. The van der Waals surface area contributed by atoms with Crippen molar-refractivity contribution < 1.29 is 14.0 Å². The molecule has 0 unspecified atom stereocenters. The largest absolute Gasteiger partial charge is 0.496 e. The van der Waals surface area contributed by atoms with Gasteiger partial charge < -0.3 is 19.7 Å². The lowest BCUT2D eigenvalue weighted by atomic mass is 10.1. The Morgan fingerprint density at radius 2 is 2.25 bits per heavy atom. The van der Waals surface area contributed by atoms with E-state index < -0.39 is 0 Å². The number of benzene rings is 1. The van der Waals surface area contributed by atoms with Crippen LogP contribution in [-0.4, -0.2) is 25.4 Å². The molecule has 0 atom stereocenters. The average Bonchev–Trinajstić information content (AvgIpc) is 2.71. The van der Waals surface area contributed by atoms with Gasteiger partial charge in [0.1, 0.15) is 12.4 Å². The van der Waals surface area contributed by atoms with Crippen molar-refractivity contribution in [1.29, 1.82) is 0 Å². The van der Waals surface area contributed by atoms with E-state index in [4.69, 9.17) is 19.7 Å². The van der Waals surface area contributed by atoms with E-state index in [1.165, 1.54) is 0 Å². The maximum absolute atomic E-state index is 5.40. The fourth-order valence-corrected chi connectivity index (χ4v) is 1.62. The maximum Gasteiger partial charge on any atom is 0.262 e. The fourth-order valence-electron chi connectivity index (χ4n) is 1.62. The van der Waals surface area contributed by atoms with Crippen LogP contribution >= 0.6 is 0 Å². The lowest BCUT2D eigenvalue weighted by Gasteiger charge is -2.05. The predicted molar refractivity (Wildman–Crippen MR) is 59.8 cm³/mol. The quantitative estimate of drug-likeness (QED) is 0.848. The second-order valence-corrected chi connectivity index (χ2v) is 3.39. The van der Waals surface area contributed by atoms with Crippen LogP contribution in [0.15, 0.2) is 16.7 Å². The minimum Gasteiger partial charge on any atom is -0.496 e. The molecule has 0 saturated heterocycles. The first-order valence-corrected chi connectivity index (χ1v) is 5.03. The Labute approximate surface area is 93.1 Å². The Kier molecular flexibility index (Phi) is 2.96. The molecule has 16 heavy (non-hydrogen) atoms. The first kappa shape index (κ1) is 10.8. The van der Waals surface area contributed by atoms with Crippen molar-refractivity contribution in [3.8, 4) is 11.6 Å². The van der Waals surface area contributed by atoms with Crippen molar-refractivity contribution in [3.63, 3.8) is 0 Å². The molecule has 5 nitrogen and oxygen atoms in total. The molecule has 1 heterocycles. The summed E-state index contributed by atoms with van der Waals surface area (Å²) in [6.45, 7) is 2.79. The second kappa shape index (κ2) is 4.40. The summed E-state index contributed by atoms with van der Waals surface area (Å²) in [6, 6.07) is 3.65. The molecule has 0 spiro atoms. The van der Waals surface area contributed by atoms with E-state index in [9.17, 15) is 0 Å². The van der Waals surface area contributed by atoms with Crippen molar-refractivity contribution in [2.75, 3.05) is 20.3 Å². The molecule has 1 aromatic carbocycles. The van der Waals surface area contributed by atoms with E-state index in [0.717, 1.165) is 16.7 Å². The molecule has 2 N–H and O–H groups in total. The number of methoxy groups -OCH3 is 1. The number of ether oxygens (including phenoxy) is 2. The van der Waals surface area contributed by atoms with Crippen molar-refractivity contribution in [3.05, 3.63) is 17.7 Å². The van der Waals surface area contributed by atoms with Gasteiger partial charge in [-0.25, -0.2) is 0 Å². The summed E-state index contributed by atoms with van der Waals surface area (Å²) in [7, 11) is 1.63. The fraction of sp³-hybridized carbons (Fsp3) is 0.364. The number of hydrogen-bond donors (Lipinski definition) is 1. The smallest absolute Gasteiger partial charge is 0.262 e. The number of fused-ring (bicyclic) bond motifs is 1. The van der Waals surface area contributed by atoms with Crippen LogP contribution in [0.5, 0.6) is 11.6 Å². The molecule has 0 aliphatic heterocycles. The lowest BCUT2D eigenvalue weighted by molar-refractivity contribution is 0.293. The van der Waals surface area contributed by atoms with Gasteiger partial charge in [0.05, 0.1) is 12.5 Å². The van der Waals surface area contributed by atoms with Crippen molar-refractivity contribution in [2.24, 2.45) is 5.73 Å². The summed E-state index contributed by atoms with van der Waals surface area (Å²) in [6.07, 6.45) is 0. The van der Waals surface area contributed by atoms with E-state index in [2.05, 4.69) is 5.16 Å². The third-order valence-corrected chi connectivity index (χ3v) is 2.39. The van der Waals surface area contributed by atoms with Gasteiger partial charge >= 0.3 is 0 Å². The number of hydrogen-bond acceptors (Lipinski definition) is 5. The maximum atomic E-state index is 5.40. The van der Waals surface area contributed by atoms with Crippen LogP contribution in [-0.2, 0) is 0 Å². The molecule has 0 aliphatic carbocycles. The number of nitrogens with two attached hydrogens (primary N) is 1. The summed E-state index contributed by atoms with van der Waals surface area (Å²) >= 11 is 0. The SMILES string of the molecule is COc1ccc2onc(OCCN)c2c1C. The molecule has 1 aromatic heterocycles. The molecule has 0 aliphatic rings. The van der Waals surface area contributed by atoms with Gasteiger partial charge in [0.25, 0.3) is 5.88 Å². The zero-order chi connectivity index (χ0) is 11.5. The number of aryl methyl sites for hydroxylation is 1. The summed E-state index contributed by atoms with van der Waals surface area (Å²) in [5.41, 5.74) is 7.01. The molecular weight excluding hydrogens is 208 g/mol. The molecule has 5 heteroatoms. The van der Waals surface area contributed by atoms with Crippen LogP contribution in [0, 0.1) is 6.92 Å². The normalized spacial score (nSPS) is 10.7. The van der Waals surface area contributed by atoms with Gasteiger partial charge in [-0.3, -0.25) is 0 Å². The standard InChI is InChI=1S/C11H14N2O3/c1-7-8(14-2)3-4-9-10(7)11(13-16-9)15-6-5-12/h3-4H,5-6,12H2,1-2H3. The second-order valence-electron chi connectivity index (χ2n) is 3.39. The third-order valence-electron chi connectivity index (χ3n) is 2.39. The number of nitrogens with zero attached hydrogens (tertiary/aromatic N) is 1. The highest BCUT2D eigenvalue weighted by Crippen LogP contribution is 2.33. The number of aromatic nitrogens is 1. The zero-order valence-corrected chi connectivity index (χ0v) is 9.32. The summed E-state index contributed by atoms with van der Waals surface area (Å²) in [4.78, 5) is 0. The topological polar surface area (TPSA) is 70.5 Å². The predicted octanol–water partition coefficient (Wildman–Crippen LogP) is 1.48. The molecule has 0 fully saturated rings. The van der Waals surface area contributed by atoms with Gasteiger partial charge in [0.2, 0.25) is 0 Å². The third kappa shape index (κ3) is 1.69. The van der Waals surface area contributed by atoms with Gasteiger partial charge in [-0.05, 0) is 24.2 Å². The molecule has 0 bridgehead atoms. The van der Waals surface area contributed by atoms with Crippen LogP contribution in [0.1, 0.15) is 5.56 Å². The number of rotatable bonds is 4. The lowest BCUT2D eigenvalue weighted by Crippen LogP contribution is -2.10. The Balaban J connectivity index is 2.50. The average molecular weight is 222 g/mol. The van der Waals surface area contributed by atoms with Gasteiger partial charge in [0, 0.05) is 12.1 Å². The van der Waals surface area contributed by atoms with Crippen LogP contribution in [0.3, 0.4) is 0 Å². The van der Waals surface area contributed by atoms with E-state index in [1.54, 1.807) is 7.11 Å². The summed E-state index contributed by atoms with van der Waals surface area (Å²) < 4.78 is 15.8. The molecule has 2 rings (SSSR count). The van der Waals surface area contributed by atoms with Gasteiger partial charge in [-0.15, -0.1) is 0 Å². The minimum absolute atomic E-state index is 0.415. The van der Waals surface area contributed by atoms with Crippen molar-refractivity contribution in [1.82, 2.24) is 5.16 Å². The molecule has 0 amide bonds. The van der Waals surface area contributed by atoms with Crippen LogP contribution in [0.25, 0.3) is 11.0 Å². The van der Waals surface area contributed by atoms with E-state index in [1.807, 2.05) is 19.1 Å². The van der Waals surface area contributed by atoms with Gasteiger partial charge in [-0.1, -0.05) is 0 Å².